The van der Waals surface area contributed by atoms with E-state index in [4.69, 9.17) is 5.73 Å². The third-order valence-electron chi connectivity index (χ3n) is 2.90. The number of halogens is 3. The summed E-state index contributed by atoms with van der Waals surface area (Å²) in [6.07, 6.45) is -3.43. The zero-order valence-electron chi connectivity index (χ0n) is 11.2. The van der Waals surface area contributed by atoms with Gasteiger partial charge in [0.05, 0.1) is 11.3 Å². The Bertz CT molecular complexity index is 617. The van der Waals surface area contributed by atoms with Crippen molar-refractivity contribution in [3.63, 3.8) is 0 Å². The van der Waals surface area contributed by atoms with E-state index in [9.17, 15) is 13.2 Å². The SMILES string of the molecule is CCc1nc(CC)n(-c2ccc(N)cc2C(F)(F)F)n1. The number of hydrogen-bond acceptors (Lipinski definition) is 3. The molecule has 1 aromatic heterocycles. The first kappa shape index (κ1) is 14.4. The average Bonchev–Trinajstić information content (AvgIpc) is 2.81. The van der Waals surface area contributed by atoms with Crippen LogP contribution in [0.5, 0.6) is 0 Å². The molecular formula is C13H15F3N4. The molecule has 0 radical (unpaired) electrons. The molecule has 7 heteroatoms. The van der Waals surface area contributed by atoms with Gasteiger partial charge in [-0.05, 0) is 18.2 Å². The quantitative estimate of drug-likeness (QED) is 0.881. The van der Waals surface area contributed by atoms with Gasteiger partial charge in [-0.15, -0.1) is 0 Å². The minimum Gasteiger partial charge on any atom is -0.399 e. The Labute approximate surface area is 114 Å². The number of anilines is 1. The van der Waals surface area contributed by atoms with Gasteiger partial charge < -0.3 is 5.73 Å². The van der Waals surface area contributed by atoms with E-state index in [2.05, 4.69) is 10.1 Å². The molecule has 0 saturated heterocycles. The van der Waals surface area contributed by atoms with Crippen LogP contribution in [0.3, 0.4) is 0 Å². The van der Waals surface area contributed by atoms with Gasteiger partial charge in [-0.2, -0.15) is 18.3 Å². The molecule has 0 amide bonds. The van der Waals surface area contributed by atoms with Gasteiger partial charge >= 0.3 is 6.18 Å². The molecule has 0 aliphatic carbocycles. The van der Waals surface area contributed by atoms with Crippen molar-refractivity contribution in [1.29, 1.82) is 0 Å². The maximum atomic E-state index is 13.1. The van der Waals surface area contributed by atoms with Gasteiger partial charge in [0.15, 0.2) is 5.82 Å². The van der Waals surface area contributed by atoms with E-state index in [-0.39, 0.29) is 11.4 Å². The fourth-order valence-corrected chi connectivity index (χ4v) is 1.93. The minimum atomic E-state index is -4.49. The van der Waals surface area contributed by atoms with Crippen LogP contribution in [-0.4, -0.2) is 14.8 Å². The second kappa shape index (κ2) is 5.15. The first-order valence-electron chi connectivity index (χ1n) is 6.28. The Kier molecular flexibility index (Phi) is 3.69. The van der Waals surface area contributed by atoms with Crippen LogP contribution in [0.2, 0.25) is 0 Å². The van der Waals surface area contributed by atoms with E-state index in [0.29, 0.717) is 24.5 Å². The molecule has 0 atom stereocenters. The molecule has 0 aliphatic rings. The molecule has 0 aliphatic heterocycles. The van der Waals surface area contributed by atoms with Crippen molar-refractivity contribution in [3.8, 4) is 5.69 Å². The van der Waals surface area contributed by atoms with Gasteiger partial charge in [0.1, 0.15) is 5.82 Å². The number of aromatic nitrogens is 3. The second-order valence-corrected chi connectivity index (χ2v) is 4.34. The summed E-state index contributed by atoms with van der Waals surface area (Å²) in [6, 6.07) is 3.67. The van der Waals surface area contributed by atoms with E-state index < -0.39 is 11.7 Å². The summed E-state index contributed by atoms with van der Waals surface area (Å²) in [7, 11) is 0. The topological polar surface area (TPSA) is 56.7 Å². The zero-order valence-corrected chi connectivity index (χ0v) is 11.2. The monoisotopic (exact) mass is 284 g/mol. The summed E-state index contributed by atoms with van der Waals surface area (Å²) in [4.78, 5) is 4.22. The molecule has 2 rings (SSSR count). The van der Waals surface area contributed by atoms with Gasteiger partial charge in [0.25, 0.3) is 0 Å². The predicted molar refractivity (Wildman–Crippen MR) is 69.5 cm³/mol. The highest BCUT2D eigenvalue weighted by molar-refractivity contribution is 5.52. The highest BCUT2D eigenvalue weighted by Crippen LogP contribution is 2.35. The number of benzene rings is 1. The third kappa shape index (κ3) is 2.61. The Morgan fingerprint density at radius 1 is 1.20 bits per heavy atom. The fourth-order valence-electron chi connectivity index (χ4n) is 1.93. The lowest BCUT2D eigenvalue weighted by molar-refractivity contribution is -0.137. The Hall–Kier alpha value is -2.05. The van der Waals surface area contributed by atoms with Gasteiger partial charge in [-0.3, -0.25) is 0 Å². The van der Waals surface area contributed by atoms with Gasteiger partial charge in [0, 0.05) is 18.5 Å². The molecule has 0 unspecified atom stereocenters. The maximum absolute atomic E-state index is 13.1. The molecule has 4 nitrogen and oxygen atoms in total. The number of nitrogen functional groups attached to an aromatic ring is 1. The maximum Gasteiger partial charge on any atom is 0.418 e. The molecule has 0 fully saturated rings. The lowest BCUT2D eigenvalue weighted by Crippen LogP contribution is -2.14. The Balaban J connectivity index is 2.66. The summed E-state index contributed by atoms with van der Waals surface area (Å²) in [5.41, 5.74) is 4.67. The van der Waals surface area contributed by atoms with Crippen LogP contribution in [0.15, 0.2) is 18.2 Å². The van der Waals surface area contributed by atoms with Crippen molar-refractivity contribution in [3.05, 3.63) is 35.4 Å². The summed E-state index contributed by atoms with van der Waals surface area (Å²) >= 11 is 0. The van der Waals surface area contributed by atoms with E-state index >= 15 is 0 Å². The molecule has 2 N–H and O–H groups in total. The molecule has 108 valence electrons. The average molecular weight is 284 g/mol. The molecule has 1 heterocycles. The van der Waals surface area contributed by atoms with E-state index in [0.717, 1.165) is 6.07 Å². The summed E-state index contributed by atoms with van der Waals surface area (Å²) in [5, 5.41) is 4.14. The first-order valence-corrected chi connectivity index (χ1v) is 6.28. The van der Waals surface area contributed by atoms with Crippen molar-refractivity contribution >= 4 is 5.69 Å². The molecule has 2 aromatic rings. The molecule has 0 spiro atoms. The molecular weight excluding hydrogens is 269 g/mol. The van der Waals surface area contributed by atoms with Crippen LogP contribution in [0.25, 0.3) is 5.69 Å². The van der Waals surface area contributed by atoms with E-state index in [1.54, 1.807) is 0 Å². The lowest BCUT2D eigenvalue weighted by atomic mass is 10.1. The number of nitrogens with two attached hydrogens (primary N) is 1. The number of rotatable bonds is 3. The number of aryl methyl sites for hydroxylation is 2. The van der Waals surface area contributed by atoms with Crippen LogP contribution in [0.4, 0.5) is 18.9 Å². The second-order valence-electron chi connectivity index (χ2n) is 4.34. The standard InChI is InChI=1S/C13H15F3N4/c1-3-11-18-12(4-2)20(19-11)10-6-5-8(17)7-9(10)13(14,15)16/h5-7H,3-4,17H2,1-2H3. The molecule has 20 heavy (non-hydrogen) atoms. The van der Waals surface area contributed by atoms with Gasteiger partial charge in [-0.1, -0.05) is 13.8 Å². The van der Waals surface area contributed by atoms with Crippen molar-refractivity contribution in [2.24, 2.45) is 0 Å². The zero-order chi connectivity index (χ0) is 14.9. The van der Waals surface area contributed by atoms with Crippen molar-refractivity contribution in [1.82, 2.24) is 14.8 Å². The van der Waals surface area contributed by atoms with Crippen molar-refractivity contribution in [2.75, 3.05) is 5.73 Å². The number of nitrogens with zero attached hydrogens (tertiary/aromatic N) is 3. The normalized spacial score (nSPS) is 11.8. The van der Waals surface area contributed by atoms with Crippen LogP contribution in [0.1, 0.15) is 31.1 Å². The summed E-state index contributed by atoms with van der Waals surface area (Å²) in [6.45, 7) is 3.68. The van der Waals surface area contributed by atoms with Crippen LogP contribution < -0.4 is 5.73 Å². The fraction of sp³-hybridized carbons (Fsp3) is 0.385. The largest absolute Gasteiger partial charge is 0.418 e. The predicted octanol–water partition coefficient (Wildman–Crippen LogP) is 2.99. The third-order valence-corrected chi connectivity index (χ3v) is 2.90. The van der Waals surface area contributed by atoms with Gasteiger partial charge in [-0.25, -0.2) is 9.67 Å². The molecule has 0 bridgehead atoms. The summed E-state index contributed by atoms with van der Waals surface area (Å²) < 4.78 is 40.6. The summed E-state index contributed by atoms with van der Waals surface area (Å²) in [5.74, 6) is 1.02. The highest BCUT2D eigenvalue weighted by Gasteiger charge is 2.35. The Morgan fingerprint density at radius 3 is 2.45 bits per heavy atom. The molecule has 0 saturated carbocycles. The van der Waals surface area contributed by atoms with Crippen LogP contribution in [-0.2, 0) is 19.0 Å². The lowest BCUT2D eigenvalue weighted by Gasteiger charge is -2.14. The highest BCUT2D eigenvalue weighted by atomic mass is 19.4. The van der Waals surface area contributed by atoms with E-state index in [1.807, 2.05) is 13.8 Å². The first-order chi connectivity index (χ1) is 9.36. The molecule has 1 aromatic carbocycles. The van der Waals surface area contributed by atoms with Crippen LogP contribution >= 0.6 is 0 Å². The number of hydrogen-bond donors (Lipinski definition) is 1. The smallest absolute Gasteiger partial charge is 0.399 e. The number of alkyl halides is 3. The van der Waals surface area contributed by atoms with Crippen LogP contribution in [0, 0.1) is 0 Å². The van der Waals surface area contributed by atoms with Gasteiger partial charge in [0.2, 0.25) is 0 Å². The Morgan fingerprint density at radius 2 is 1.90 bits per heavy atom. The van der Waals surface area contributed by atoms with Crippen molar-refractivity contribution < 1.29 is 13.2 Å². The minimum absolute atomic E-state index is 0.0456. The van der Waals surface area contributed by atoms with Crippen molar-refractivity contribution in [2.45, 2.75) is 32.9 Å². The van der Waals surface area contributed by atoms with E-state index in [1.165, 1.54) is 16.8 Å².